The summed E-state index contributed by atoms with van der Waals surface area (Å²) in [6.07, 6.45) is 42.6. The van der Waals surface area contributed by atoms with E-state index >= 15 is 0 Å². The zero-order chi connectivity index (χ0) is 36.2. The minimum atomic E-state index is -0.701. The van der Waals surface area contributed by atoms with Crippen LogP contribution in [0.3, 0.4) is 0 Å². The first-order chi connectivity index (χ1) is 24.6. The van der Waals surface area contributed by atoms with E-state index in [0.29, 0.717) is 13.0 Å². The zero-order valence-electron chi connectivity index (χ0n) is 33.5. The van der Waals surface area contributed by atoms with Crippen LogP contribution in [-0.2, 0) is 20.7 Å². The second kappa shape index (κ2) is 35.9. The number of H-pyrrole nitrogens is 1. The maximum Gasteiger partial charge on any atom is 0.323 e. The van der Waals surface area contributed by atoms with Gasteiger partial charge in [0, 0.05) is 24.9 Å². The van der Waals surface area contributed by atoms with E-state index in [2.05, 4.69) is 28.7 Å². The van der Waals surface area contributed by atoms with E-state index in [1.165, 1.54) is 180 Å². The van der Waals surface area contributed by atoms with Gasteiger partial charge in [0.25, 0.3) is 0 Å². The number of nitrogens with two attached hydrogens (primary N) is 1. The summed E-state index contributed by atoms with van der Waals surface area (Å²) in [5.74, 6) is -0.396. The predicted molar refractivity (Wildman–Crippen MR) is 214 cm³/mol. The second-order valence-electron chi connectivity index (χ2n) is 15.2. The minimum absolute atomic E-state index is 0.151. The molecule has 1 rings (SSSR count). The largest absolute Gasteiger partial charge is 0.462 e. The molecule has 0 bridgehead atoms. The Kier molecular flexibility index (Phi) is 33.5. The number of unbranched alkanes of at least 4 members (excludes halogenated alkanes) is 26. The van der Waals surface area contributed by atoms with Crippen molar-refractivity contribution < 1.29 is 14.3 Å². The Morgan fingerprint density at radius 1 is 0.660 bits per heavy atom. The number of imidazole rings is 1. The van der Waals surface area contributed by atoms with Crippen LogP contribution >= 0.6 is 0 Å². The van der Waals surface area contributed by atoms with Gasteiger partial charge in [0.2, 0.25) is 0 Å². The van der Waals surface area contributed by atoms with Crippen molar-refractivity contribution >= 4 is 5.97 Å². The number of hydrogen-bond acceptors (Lipinski definition) is 6. The van der Waals surface area contributed by atoms with E-state index in [-0.39, 0.29) is 12.7 Å². The molecule has 0 amide bonds. The normalized spacial score (nSPS) is 12.9. The molecule has 2 unspecified atom stereocenters. The maximum atomic E-state index is 12.3. The standard InChI is InChI=1S/C43H84N4O3/c1-4-6-8-10-12-14-16-18-20-22-24-26-28-30-32-47(33-31-29-27-25-23-21-19-17-15-13-11-9-7-5-2)34-35-49-40(3)38-50-43(48)42(44)36-41-37-45-39-46-41/h37,39-40,42H,4-36,38,44H2,1-3H3,(H,45,46). The van der Waals surface area contributed by atoms with E-state index in [9.17, 15) is 4.79 Å². The molecule has 0 spiro atoms. The van der Waals surface area contributed by atoms with Crippen molar-refractivity contribution in [1.29, 1.82) is 0 Å². The molecule has 3 N–H and O–H groups in total. The number of rotatable bonds is 39. The number of carbonyl (C=O) groups excluding carboxylic acids is 1. The first-order valence-electron chi connectivity index (χ1n) is 21.8. The van der Waals surface area contributed by atoms with Gasteiger partial charge in [0.15, 0.2) is 0 Å². The van der Waals surface area contributed by atoms with Crippen LogP contribution in [0.2, 0.25) is 0 Å². The summed E-state index contributed by atoms with van der Waals surface area (Å²) in [5.41, 5.74) is 6.85. The molecule has 1 aromatic heterocycles. The molecular weight excluding hydrogens is 620 g/mol. The van der Waals surface area contributed by atoms with Crippen LogP contribution in [0.25, 0.3) is 0 Å². The number of aromatic nitrogens is 2. The number of ether oxygens (including phenoxy) is 2. The fraction of sp³-hybridized carbons (Fsp3) is 0.907. The molecule has 294 valence electrons. The molecule has 0 saturated heterocycles. The average Bonchev–Trinajstić information content (AvgIpc) is 3.63. The lowest BCUT2D eigenvalue weighted by Gasteiger charge is -2.23. The molecule has 2 atom stereocenters. The van der Waals surface area contributed by atoms with E-state index in [4.69, 9.17) is 15.2 Å². The summed E-state index contributed by atoms with van der Waals surface area (Å²) >= 11 is 0. The molecule has 0 radical (unpaired) electrons. The topological polar surface area (TPSA) is 93.5 Å². The van der Waals surface area contributed by atoms with E-state index in [1.54, 1.807) is 12.5 Å². The van der Waals surface area contributed by atoms with Crippen LogP contribution < -0.4 is 5.73 Å². The Balaban J connectivity index is 2.21. The Bertz CT molecular complexity index is 789. The minimum Gasteiger partial charge on any atom is -0.462 e. The molecule has 1 aromatic rings. The van der Waals surface area contributed by atoms with Gasteiger partial charge < -0.3 is 25.1 Å². The molecule has 0 fully saturated rings. The van der Waals surface area contributed by atoms with Gasteiger partial charge >= 0.3 is 5.97 Å². The highest BCUT2D eigenvalue weighted by atomic mass is 16.6. The SMILES string of the molecule is CCCCCCCCCCCCCCCCN(CCCCCCCCCCCCCCCC)CCOC(C)COC(=O)C(N)Cc1cnc[nH]1. The summed E-state index contributed by atoms with van der Waals surface area (Å²) in [7, 11) is 0. The molecule has 0 aliphatic heterocycles. The van der Waals surface area contributed by atoms with Gasteiger partial charge in [-0.25, -0.2) is 4.98 Å². The number of nitrogens with one attached hydrogen (secondary N) is 1. The van der Waals surface area contributed by atoms with Gasteiger partial charge in [0.1, 0.15) is 12.6 Å². The average molecular weight is 705 g/mol. The van der Waals surface area contributed by atoms with Crippen molar-refractivity contribution in [2.24, 2.45) is 5.73 Å². The first kappa shape index (κ1) is 46.6. The van der Waals surface area contributed by atoms with Gasteiger partial charge in [-0.15, -0.1) is 0 Å². The van der Waals surface area contributed by atoms with Crippen LogP contribution in [0.4, 0.5) is 0 Å². The maximum absolute atomic E-state index is 12.3. The van der Waals surface area contributed by atoms with Gasteiger partial charge in [-0.3, -0.25) is 4.79 Å². The van der Waals surface area contributed by atoms with Crippen LogP contribution in [-0.4, -0.2) is 65.8 Å². The van der Waals surface area contributed by atoms with Crippen molar-refractivity contribution in [3.05, 3.63) is 18.2 Å². The summed E-state index contributed by atoms with van der Waals surface area (Å²) < 4.78 is 11.5. The Labute approximate surface area is 310 Å². The number of esters is 1. The van der Waals surface area contributed by atoms with Gasteiger partial charge in [-0.1, -0.05) is 181 Å². The fourth-order valence-corrected chi connectivity index (χ4v) is 6.85. The Hall–Kier alpha value is -1.44. The van der Waals surface area contributed by atoms with Crippen molar-refractivity contribution in [2.75, 3.05) is 32.8 Å². The van der Waals surface area contributed by atoms with E-state index in [1.807, 2.05) is 6.92 Å². The molecule has 1 heterocycles. The fourth-order valence-electron chi connectivity index (χ4n) is 6.85. The summed E-state index contributed by atoms with van der Waals surface area (Å²) in [6.45, 7) is 10.7. The number of aromatic amines is 1. The number of carbonyl (C=O) groups is 1. The lowest BCUT2D eigenvalue weighted by Crippen LogP contribution is -2.36. The lowest BCUT2D eigenvalue weighted by molar-refractivity contribution is -0.149. The molecule has 7 heteroatoms. The van der Waals surface area contributed by atoms with Crippen LogP contribution in [0.1, 0.15) is 206 Å². The third-order valence-electron chi connectivity index (χ3n) is 10.2. The molecule has 7 nitrogen and oxygen atoms in total. The van der Waals surface area contributed by atoms with Crippen LogP contribution in [0.15, 0.2) is 12.5 Å². The monoisotopic (exact) mass is 705 g/mol. The molecular formula is C43H84N4O3. The van der Waals surface area contributed by atoms with Gasteiger partial charge in [0.05, 0.1) is 19.0 Å². The molecule has 0 aliphatic carbocycles. The van der Waals surface area contributed by atoms with Crippen molar-refractivity contribution in [1.82, 2.24) is 14.9 Å². The van der Waals surface area contributed by atoms with Crippen LogP contribution in [0.5, 0.6) is 0 Å². The molecule has 0 aliphatic rings. The Morgan fingerprint density at radius 2 is 1.06 bits per heavy atom. The van der Waals surface area contributed by atoms with E-state index in [0.717, 1.165) is 25.3 Å². The van der Waals surface area contributed by atoms with Crippen molar-refractivity contribution in [3.63, 3.8) is 0 Å². The summed E-state index contributed by atoms with van der Waals surface area (Å²) in [5, 5.41) is 0. The highest BCUT2D eigenvalue weighted by Gasteiger charge is 2.18. The van der Waals surface area contributed by atoms with Gasteiger partial charge in [-0.2, -0.15) is 0 Å². The zero-order valence-corrected chi connectivity index (χ0v) is 33.5. The van der Waals surface area contributed by atoms with E-state index < -0.39 is 12.0 Å². The molecule has 0 saturated carbocycles. The predicted octanol–water partition coefficient (Wildman–Crippen LogP) is 11.5. The molecule has 50 heavy (non-hydrogen) atoms. The highest BCUT2D eigenvalue weighted by Crippen LogP contribution is 2.15. The summed E-state index contributed by atoms with van der Waals surface area (Å²) in [4.78, 5) is 21.9. The third-order valence-corrected chi connectivity index (χ3v) is 10.2. The van der Waals surface area contributed by atoms with Crippen LogP contribution in [0, 0.1) is 0 Å². The third kappa shape index (κ3) is 30.2. The molecule has 0 aromatic carbocycles. The number of hydrogen-bond donors (Lipinski definition) is 2. The van der Waals surface area contributed by atoms with Gasteiger partial charge in [-0.05, 0) is 32.9 Å². The lowest BCUT2D eigenvalue weighted by atomic mass is 10.0. The summed E-state index contributed by atoms with van der Waals surface area (Å²) in [6, 6.07) is -0.701. The highest BCUT2D eigenvalue weighted by molar-refractivity contribution is 5.75. The Morgan fingerprint density at radius 3 is 1.44 bits per heavy atom. The smallest absolute Gasteiger partial charge is 0.323 e. The van der Waals surface area contributed by atoms with Crippen molar-refractivity contribution in [2.45, 2.75) is 219 Å². The first-order valence-corrected chi connectivity index (χ1v) is 21.8. The quantitative estimate of drug-likeness (QED) is 0.0523. The number of nitrogens with zero attached hydrogens (tertiary/aromatic N) is 2. The van der Waals surface area contributed by atoms with Crippen molar-refractivity contribution in [3.8, 4) is 0 Å². The second-order valence-corrected chi connectivity index (χ2v) is 15.2.